The van der Waals surface area contributed by atoms with Gasteiger partial charge in [0.2, 0.25) is 5.88 Å². The number of aryl methyl sites for hydroxylation is 1. The fraction of sp³-hybridized carbons (Fsp3) is 0.452. The molecule has 6 nitrogen and oxygen atoms in total. The van der Waals surface area contributed by atoms with Gasteiger partial charge >= 0.3 is 0 Å². The van der Waals surface area contributed by atoms with Crippen molar-refractivity contribution in [2.24, 2.45) is 7.05 Å². The molecule has 1 aliphatic rings. The lowest BCUT2D eigenvalue weighted by atomic mass is 10.1. The molecule has 0 radical (unpaired) electrons. The fourth-order valence-corrected chi connectivity index (χ4v) is 5.06. The van der Waals surface area contributed by atoms with Gasteiger partial charge in [0.25, 0.3) is 5.82 Å². The standard InChI is InChI=1S/C31H46N5O/c1-32-27-16-10-9-15-26(27)25(24-31-33(2)28-17-11-12-18-29(28)37-31)23-30(32)34(19-13-21-35(3,4)5)20-14-22-36(6,7)8/h9-12,15-18,23-24H,13-14,19-22H2,1-8H3/q+3. The van der Waals surface area contributed by atoms with E-state index in [-0.39, 0.29) is 0 Å². The van der Waals surface area contributed by atoms with Crippen molar-refractivity contribution in [2.45, 2.75) is 12.8 Å². The van der Waals surface area contributed by atoms with Crippen molar-refractivity contribution in [3.63, 3.8) is 0 Å². The first kappa shape index (κ1) is 27.0. The second-order valence-electron chi connectivity index (χ2n) is 12.4. The molecule has 37 heavy (non-hydrogen) atoms. The fourth-order valence-electron chi connectivity index (χ4n) is 5.06. The van der Waals surface area contributed by atoms with Crippen LogP contribution in [0.1, 0.15) is 18.4 Å². The molecule has 1 aromatic heterocycles. The van der Waals surface area contributed by atoms with E-state index in [0.717, 1.165) is 65.3 Å². The zero-order chi connectivity index (χ0) is 26.8. The number of hydrogen-bond donors (Lipinski definition) is 0. The summed E-state index contributed by atoms with van der Waals surface area (Å²) in [7, 11) is 17.9. The molecule has 0 aliphatic carbocycles. The summed E-state index contributed by atoms with van der Waals surface area (Å²) >= 11 is 0. The van der Waals surface area contributed by atoms with Gasteiger partial charge in [-0.05, 0) is 23.8 Å². The minimum Gasteiger partial charge on any atom is -0.439 e. The Morgan fingerprint density at radius 2 is 1.46 bits per heavy atom. The molecule has 0 N–H and O–H groups in total. The Labute approximate surface area is 223 Å². The molecule has 0 saturated heterocycles. The summed E-state index contributed by atoms with van der Waals surface area (Å²) in [6.07, 6.45) is 4.50. The van der Waals surface area contributed by atoms with E-state index in [1.54, 1.807) is 0 Å². The van der Waals surface area contributed by atoms with Crippen LogP contribution in [0.25, 0.3) is 17.0 Å². The van der Waals surface area contributed by atoms with Crippen LogP contribution in [-0.2, 0) is 7.05 Å². The van der Waals surface area contributed by atoms with Gasteiger partial charge in [0.15, 0.2) is 5.75 Å². The van der Waals surface area contributed by atoms with E-state index in [0.29, 0.717) is 0 Å². The van der Waals surface area contributed by atoms with Gasteiger partial charge in [-0.2, -0.15) is 0 Å². The summed E-state index contributed by atoms with van der Waals surface area (Å²) in [6.45, 7) is 4.38. The third-order valence-corrected chi connectivity index (χ3v) is 7.09. The van der Waals surface area contributed by atoms with E-state index in [4.69, 9.17) is 4.74 Å². The Bertz CT molecular complexity index is 1250. The average molecular weight is 505 g/mol. The molecule has 0 atom stereocenters. The third-order valence-electron chi connectivity index (χ3n) is 7.09. The van der Waals surface area contributed by atoms with Crippen LogP contribution < -0.4 is 19.1 Å². The molecule has 2 heterocycles. The topological polar surface area (TPSA) is 19.6 Å². The summed E-state index contributed by atoms with van der Waals surface area (Å²) in [4.78, 5) is 4.73. The lowest BCUT2D eigenvalue weighted by Gasteiger charge is -2.27. The second-order valence-corrected chi connectivity index (χ2v) is 12.4. The quantitative estimate of drug-likeness (QED) is 0.300. The zero-order valence-corrected chi connectivity index (χ0v) is 24.2. The zero-order valence-electron chi connectivity index (χ0n) is 24.2. The highest BCUT2D eigenvalue weighted by Gasteiger charge is 2.26. The van der Waals surface area contributed by atoms with Crippen LogP contribution in [0.5, 0.6) is 5.75 Å². The summed E-state index contributed by atoms with van der Waals surface area (Å²) in [5.74, 6) is 3.02. The Morgan fingerprint density at radius 3 is 2.08 bits per heavy atom. The molecule has 0 bridgehead atoms. The number of fused-ring (bicyclic) bond motifs is 2. The van der Waals surface area contributed by atoms with Crippen molar-refractivity contribution >= 4 is 28.5 Å². The van der Waals surface area contributed by atoms with Crippen LogP contribution in [0.2, 0.25) is 0 Å². The number of benzene rings is 2. The van der Waals surface area contributed by atoms with Gasteiger partial charge in [-0.1, -0.05) is 30.3 Å². The van der Waals surface area contributed by atoms with Gasteiger partial charge in [-0.25, -0.2) is 4.57 Å². The molecule has 4 rings (SSSR count). The molecule has 0 amide bonds. The molecule has 1 aliphatic heterocycles. The van der Waals surface area contributed by atoms with Crippen molar-refractivity contribution in [1.29, 1.82) is 0 Å². The first-order valence-electron chi connectivity index (χ1n) is 13.4. The van der Waals surface area contributed by atoms with Gasteiger partial charge in [0, 0.05) is 37.4 Å². The second kappa shape index (κ2) is 10.7. The Kier molecular flexibility index (Phi) is 7.81. The Hall–Kier alpha value is -3.09. The molecule has 198 valence electrons. The maximum absolute atomic E-state index is 6.27. The molecule has 2 aromatic carbocycles. The number of rotatable bonds is 10. The van der Waals surface area contributed by atoms with E-state index in [1.165, 1.54) is 22.3 Å². The predicted octanol–water partition coefficient (Wildman–Crippen LogP) is 4.49. The lowest BCUT2D eigenvalue weighted by Crippen LogP contribution is -2.44. The molecule has 6 heteroatoms. The molecule has 0 fully saturated rings. The number of pyridine rings is 1. The maximum Gasteiger partial charge on any atom is 0.277 e. The van der Waals surface area contributed by atoms with E-state index in [9.17, 15) is 0 Å². The van der Waals surface area contributed by atoms with Crippen LogP contribution >= 0.6 is 0 Å². The van der Waals surface area contributed by atoms with Gasteiger partial charge < -0.3 is 18.6 Å². The Balaban J connectivity index is 1.73. The van der Waals surface area contributed by atoms with Gasteiger partial charge in [0.05, 0.1) is 81.2 Å². The van der Waals surface area contributed by atoms with Crippen LogP contribution in [0.4, 0.5) is 11.5 Å². The number of hydrogen-bond acceptors (Lipinski definition) is 3. The van der Waals surface area contributed by atoms with E-state index < -0.39 is 0 Å². The average Bonchev–Trinajstić information content (AvgIpc) is 3.14. The molecule has 0 unspecified atom stereocenters. The first-order chi connectivity index (χ1) is 17.4. The number of quaternary nitrogens is 2. The monoisotopic (exact) mass is 504 g/mol. The van der Waals surface area contributed by atoms with Gasteiger partial charge in [-0.15, -0.1) is 0 Å². The largest absolute Gasteiger partial charge is 0.439 e. The van der Waals surface area contributed by atoms with Gasteiger partial charge in [0.1, 0.15) is 5.52 Å². The van der Waals surface area contributed by atoms with Crippen LogP contribution in [0, 0.1) is 0 Å². The molecular formula is C31H46N5O+3. The molecule has 0 spiro atoms. The minimum absolute atomic E-state index is 0.854. The van der Waals surface area contributed by atoms with E-state index in [1.807, 2.05) is 12.1 Å². The van der Waals surface area contributed by atoms with Crippen molar-refractivity contribution in [3.8, 4) is 5.75 Å². The molecule has 3 aromatic rings. The number of para-hydroxylation sites is 3. The molecular weight excluding hydrogens is 458 g/mol. The first-order valence-corrected chi connectivity index (χ1v) is 13.4. The maximum atomic E-state index is 6.27. The van der Waals surface area contributed by atoms with Crippen molar-refractivity contribution in [3.05, 3.63) is 66.0 Å². The van der Waals surface area contributed by atoms with Crippen LogP contribution in [0.3, 0.4) is 0 Å². The number of anilines is 2. The van der Waals surface area contributed by atoms with Crippen molar-refractivity contribution in [2.75, 3.05) is 85.3 Å². The van der Waals surface area contributed by atoms with Gasteiger partial charge in [-0.3, -0.25) is 4.90 Å². The number of ether oxygens (including phenoxy) is 1. The third kappa shape index (κ3) is 6.62. The van der Waals surface area contributed by atoms with Crippen LogP contribution in [-0.4, -0.2) is 84.5 Å². The predicted molar refractivity (Wildman–Crippen MR) is 156 cm³/mol. The highest BCUT2D eigenvalue weighted by atomic mass is 16.5. The number of nitrogens with zero attached hydrogens (tertiary/aromatic N) is 5. The summed E-state index contributed by atoms with van der Waals surface area (Å²) < 4.78 is 10.6. The summed E-state index contributed by atoms with van der Waals surface area (Å²) in [6, 6.07) is 19.3. The van der Waals surface area contributed by atoms with Crippen molar-refractivity contribution in [1.82, 2.24) is 0 Å². The summed E-state index contributed by atoms with van der Waals surface area (Å²) in [5.41, 5.74) is 3.51. The number of aromatic nitrogens is 1. The summed E-state index contributed by atoms with van der Waals surface area (Å²) in [5, 5.41) is 1.23. The Morgan fingerprint density at radius 1 is 0.865 bits per heavy atom. The highest BCUT2D eigenvalue weighted by molar-refractivity contribution is 5.88. The van der Waals surface area contributed by atoms with E-state index >= 15 is 0 Å². The SMILES string of the molecule is CN1C(=Cc2cc(N(CCC[N+](C)(C)C)CCC[N+](C)(C)C)[n+](C)c3ccccc23)Oc2ccccc21. The lowest BCUT2D eigenvalue weighted by molar-refractivity contribution is -0.870. The normalized spacial score (nSPS) is 14.8. The minimum atomic E-state index is 0.854. The van der Waals surface area contributed by atoms with Crippen LogP contribution in [0.15, 0.2) is 60.5 Å². The molecule has 0 saturated carbocycles. The smallest absolute Gasteiger partial charge is 0.277 e. The van der Waals surface area contributed by atoms with Crippen molar-refractivity contribution < 1.29 is 18.3 Å². The highest BCUT2D eigenvalue weighted by Crippen LogP contribution is 2.38. The van der Waals surface area contributed by atoms with E-state index in [2.05, 4.69) is 119 Å².